The van der Waals surface area contributed by atoms with Gasteiger partial charge in [0.25, 0.3) is 0 Å². The zero-order valence-electron chi connectivity index (χ0n) is 13.2. The summed E-state index contributed by atoms with van der Waals surface area (Å²) >= 11 is 0. The van der Waals surface area contributed by atoms with E-state index < -0.39 is 0 Å². The van der Waals surface area contributed by atoms with E-state index >= 15 is 0 Å². The Morgan fingerprint density at radius 1 is 1.13 bits per heavy atom. The van der Waals surface area contributed by atoms with Crippen LogP contribution in [0.3, 0.4) is 0 Å². The highest BCUT2D eigenvalue weighted by molar-refractivity contribution is 5.93. The van der Waals surface area contributed by atoms with Crippen molar-refractivity contribution in [2.45, 2.75) is 38.1 Å². The molecular weight excluding hydrogens is 312 g/mol. The molecule has 0 aromatic heterocycles. The van der Waals surface area contributed by atoms with Crippen molar-refractivity contribution in [2.24, 2.45) is 29.4 Å². The first kappa shape index (κ1) is 16.6. The summed E-state index contributed by atoms with van der Waals surface area (Å²) in [6.07, 6.45) is 6.07. The lowest BCUT2D eigenvalue weighted by molar-refractivity contribution is -0.121. The number of carbonyl (C=O) groups is 1. The Hall–Kier alpha value is -1.26. The summed E-state index contributed by atoms with van der Waals surface area (Å²) < 4.78 is 5.71. The van der Waals surface area contributed by atoms with Gasteiger partial charge < -0.3 is 15.8 Å². The van der Waals surface area contributed by atoms with Crippen LogP contribution in [0.4, 0.5) is 5.69 Å². The SMILES string of the molecule is Cl.NC1C2CCC(C2)C1C(=O)Nc1ccc(OCC2CC2)cc1. The lowest BCUT2D eigenvalue weighted by Crippen LogP contribution is -2.42. The van der Waals surface area contributed by atoms with Crippen molar-refractivity contribution in [3.05, 3.63) is 24.3 Å². The van der Waals surface area contributed by atoms with Crippen LogP contribution >= 0.6 is 12.4 Å². The first-order chi connectivity index (χ1) is 10.7. The molecule has 4 nitrogen and oxygen atoms in total. The number of rotatable bonds is 5. The Kier molecular flexibility index (Phi) is 4.83. The van der Waals surface area contributed by atoms with E-state index in [9.17, 15) is 4.79 Å². The number of ether oxygens (including phenoxy) is 1. The summed E-state index contributed by atoms with van der Waals surface area (Å²) in [6.45, 7) is 0.811. The summed E-state index contributed by atoms with van der Waals surface area (Å²) in [5.41, 5.74) is 7.07. The Morgan fingerprint density at radius 3 is 2.43 bits per heavy atom. The average Bonchev–Trinajstić information content (AvgIpc) is 3.14. The maximum Gasteiger partial charge on any atom is 0.229 e. The van der Waals surface area contributed by atoms with Gasteiger partial charge in [-0.1, -0.05) is 0 Å². The van der Waals surface area contributed by atoms with Crippen molar-refractivity contribution < 1.29 is 9.53 Å². The van der Waals surface area contributed by atoms with Crippen molar-refractivity contribution in [3.63, 3.8) is 0 Å². The smallest absolute Gasteiger partial charge is 0.229 e. The topological polar surface area (TPSA) is 64.4 Å². The molecule has 0 aliphatic heterocycles. The number of benzene rings is 1. The number of hydrogen-bond donors (Lipinski definition) is 2. The summed E-state index contributed by atoms with van der Waals surface area (Å²) in [5, 5.41) is 3.03. The molecule has 5 heteroatoms. The Labute approximate surface area is 143 Å². The van der Waals surface area contributed by atoms with E-state index in [1.54, 1.807) is 0 Å². The van der Waals surface area contributed by atoms with E-state index in [1.165, 1.54) is 19.3 Å². The standard InChI is InChI=1S/C18H24N2O2.ClH/c19-17-13-4-3-12(9-13)16(17)18(21)20-14-5-7-15(8-6-14)22-10-11-1-2-11;/h5-8,11-13,16-17H,1-4,9-10,19H2,(H,20,21);1H. The van der Waals surface area contributed by atoms with Gasteiger partial charge in [0.1, 0.15) is 5.75 Å². The second-order valence-corrected chi connectivity index (χ2v) is 7.20. The van der Waals surface area contributed by atoms with Gasteiger partial charge in [0.15, 0.2) is 0 Å². The number of fused-ring (bicyclic) bond motifs is 2. The molecule has 23 heavy (non-hydrogen) atoms. The average molecular weight is 337 g/mol. The maximum absolute atomic E-state index is 12.5. The molecule has 3 fully saturated rings. The minimum absolute atomic E-state index is 0. The normalized spacial score (nSPS) is 31.5. The van der Waals surface area contributed by atoms with Crippen LogP contribution in [-0.2, 0) is 4.79 Å². The molecule has 3 saturated carbocycles. The van der Waals surface area contributed by atoms with E-state index in [0.29, 0.717) is 11.8 Å². The van der Waals surface area contributed by atoms with Gasteiger partial charge in [0.2, 0.25) is 5.91 Å². The van der Waals surface area contributed by atoms with E-state index in [-0.39, 0.29) is 30.3 Å². The minimum atomic E-state index is -0.00968. The van der Waals surface area contributed by atoms with Crippen molar-refractivity contribution in [1.82, 2.24) is 0 Å². The largest absolute Gasteiger partial charge is 0.493 e. The van der Waals surface area contributed by atoms with Gasteiger partial charge in [0.05, 0.1) is 12.5 Å². The van der Waals surface area contributed by atoms with Crippen molar-refractivity contribution in [2.75, 3.05) is 11.9 Å². The first-order valence-electron chi connectivity index (χ1n) is 8.50. The van der Waals surface area contributed by atoms with E-state index in [0.717, 1.165) is 36.8 Å². The molecule has 3 N–H and O–H groups in total. The molecule has 1 aromatic carbocycles. The number of carbonyl (C=O) groups excluding carboxylic acids is 1. The van der Waals surface area contributed by atoms with E-state index in [4.69, 9.17) is 10.5 Å². The maximum atomic E-state index is 12.5. The third kappa shape index (κ3) is 3.48. The molecule has 4 unspecified atom stereocenters. The molecule has 3 aliphatic rings. The highest BCUT2D eigenvalue weighted by Gasteiger charge is 2.49. The summed E-state index contributed by atoms with van der Waals surface area (Å²) in [4.78, 5) is 12.5. The molecule has 0 spiro atoms. The van der Waals surface area contributed by atoms with Crippen LogP contribution in [0.2, 0.25) is 0 Å². The number of nitrogens with two attached hydrogens (primary N) is 1. The molecule has 0 heterocycles. The van der Waals surface area contributed by atoms with Crippen molar-refractivity contribution >= 4 is 24.0 Å². The number of amides is 1. The zero-order chi connectivity index (χ0) is 15.1. The molecule has 1 amide bonds. The Balaban J connectivity index is 0.00000156. The molecular formula is C18H25ClN2O2. The summed E-state index contributed by atoms with van der Waals surface area (Å²) in [6, 6.07) is 7.73. The highest BCUT2D eigenvalue weighted by Crippen LogP contribution is 2.47. The van der Waals surface area contributed by atoms with Crippen LogP contribution in [0.25, 0.3) is 0 Å². The number of anilines is 1. The molecule has 4 atom stereocenters. The van der Waals surface area contributed by atoms with Gasteiger partial charge in [-0.05, 0) is 74.1 Å². The first-order valence-corrected chi connectivity index (χ1v) is 8.50. The lowest BCUT2D eigenvalue weighted by Gasteiger charge is -2.27. The van der Waals surface area contributed by atoms with E-state index in [1.807, 2.05) is 24.3 Å². The van der Waals surface area contributed by atoms with E-state index in [2.05, 4.69) is 5.32 Å². The molecule has 2 bridgehead atoms. The predicted molar refractivity (Wildman–Crippen MR) is 92.8 cm³/mol. The molecule has 0 radical (unpaired) electrons. The summed E-state index contributed by atoms with van der Waals surface area (Å²) in [7, 11) is 0. The van der Waals surface area contributed by atoms with Crippen molar-refractivity contribution in [3.8, 4) is 5.75 Å². The Morgan fingerprint density at radius 2 is 1.83 bits per heavy atom. The molecule has 126 valence electrons. The van der Waals surface area contributed by atoms with Gasteiger partial charge in [-0.15, -0.1) is 12.4 Å². The van der Waals surface area contributed by atoms with Crippen LogP contribution in [0.5, 0.6) is 5.75 Å². The highest BCUT2D eigenvalue weighted by atomic mass is 35.5. The van der Waals surface area contributed by atoms with Crippen LogP contribution in [0.15, 0.2) is 24.3 Å². The Bertz CT molecular complexity index is 557. The van der Waals surface area contributed by atoms with Gasteiger partial charge >= 0.3 is 0 Å². The fourth-order valence-electron chi connectivity index (χ4n) is 4.08. The predicted octanol–water partition coefficient (Wildman–Crippen LogP) is 3.21. The number of nitrogens with one attached hydrogen (secondary N) is 1. The summed E-state index contributed by atoms with van der Waals surface area (Å²) in [5.74, 6) is 2.75. The van der Waals surface area contributed by atoms with Crippen LogP contribution in [-0.4, -0.2) is 18.6 Å². The van der Waals surface area contributed by atoms with Crippen LogP contribution in [0, 0.1) is 23.7 Å². The quantitative estimate of drug-likeness (QED) is 0.867. The monoisotopic (exact) mass is 336 g/mol. The van der Waals surface area contributed by atoms with Gasteiger partial charge in [-0.3, -0.25) is 4.79 Å². The molecule has 0 saturated heterocycles. The van der Waals surface area contributed by atoms with Crippen LogP contribution in [0.1, 0.15) is 32.1 Å². The number of hydrogen-bond acceptors (Lipinski definition) is 3. The van der Waals surface area contributed by atoms with Gasteiger partial charge in [0, 0.05) is 11.7 Å². The molecule has 1 aromatic rings. The van der Waals surface area contributed by atoms with Gasteiger partial charge in [-0.25, -0.2) is 0 Å². The van der Waals surface area contributed by atoms with Crippen molar-refractivity contribution in [1.29, 1.82) is 0 Å². The molecule has 3 aliphatic carbocycles. The lowest BCUT2D eigenvalue weighted by atomic mass is 9.84. The fraction of sp³-hybridized carbons (Fsp3) is 0.611. The second-order valence-electron chi connectivity index (χ2n) is 7.20. The fourth-order valence-corrected chi connectivity index (χ4v) is 4.08. The third-order valence-corrected chi connectivity index (χ3v) is 5.59. The molecule has 4 rings (SSSR count). The van der Waals surface area contributed by atoms with Crippen LogP contribution < -0.4 is 15.8 Å². The second kappa shape index (κ2) is 6.70. The third-order valence-electron chi connectivity index (χ3n) is 5.59. The minimum Gasteiger partial charge on any atom is -0.493 e. The zero-order valence-corrected chi connectivity index (χ0v) is 14.1. The van der Waals surface area contributed by atoms with Gasteiger partial charge in [-0.2, -0.15) is 0 Å². The number of halogens is 1.